The van der Waals surface area contributed by atoms with Gasteiger partial charge in [0.25, 0.3) is 0 Å². The van der Waals surface area contributed by atoms with Gasteiger partial charge in [-0.05, 0) is 12.3 Å². The van der Waals surface area contributed by atoms with Crippen molar-refractivity contribution < 1.29 is 4.79 Å². The molecule has 1 fully saturated rings. The first-order valence-electron chi connectivity index (χ1n) is 5.98. The number of amides is 1. The Labute approximate surface area is 103 Å². The topological polar surface area (TPSA) is 67.2 Å². The number of hydrogen-bond acceptors (Lipinski definition) is 4. The van der Waals surface area contributed by atoms with E-state index in [-0.39, 0.29) is 17.9 Å². The summed E-state index contributed by atoms with van der Waals surface area (Å²) in [6.07, 6.45) is 2.00. The zero-order chi connectivity index (χ0) is 12.1. The molecule has 0 aromatic carbocycles. The lowest BCUT2D eigenvalue weighted by atomic mass is 9.98. The maximum Gasteiger partial charge on any atom is 0.234 e. The lowest BCUT2D eigenvalue weighted by molar-refractivity contribution is -0.121. The molecule has 0 spiro atoms. The summed E-state index contributed by atoms with van der Waals surface area (Å²) >= 11 is 4.41. The normalized spacial score (nSPS) is 28.9. The van der Waals surface area contributed by atoms with E-state index in [1.165, 1.54) is 0 Å². The molecule has 0 aromatic heterocycles. The van der Waals surface area contributed by atoms with Gasteiger partial charge in [-0.25, -0.2) is 0 Å². The number of nitrogens with one attached hydrogen (secondary N) is 2. The molecule has 0 radical (unpaired) electrons. The molecule has 1 amide bonds. The van der Waals surface area contributed by atoms with Crippen LogP contribution in [0.25, 0.3) is 0 Å². The highest BCUT2D eigenvalue weighted by molar-refractivity contribution is 7.81. The van der Waals surface area contributed by atoms with Gasteiger partial charge in [0.1, 0.15) is 0 Å². The fourth-order valence-electron chi connectivity index (χ4n) is 2.04. The third-order valence-electron chi connectivity index (χ3n) is 3.30. The molecule has 3 unspecified atom stereocenters. The summed E-state index contributed by atoms with van der Waals surface area (Å²) in [6, 6.07) is 0.194. The van der Waals surface area contributed by atoms with E-state index >= 15 is 0 Å². The predicted molar refractivity (Wildman–Crippen MR) is 69.6 cm³/mol. The molecule has 4 nitrogen and oxygen atoms in total. The Morgan fingerprint density at radius 2 is 2.38 bits per heavy atom. The van der Waals surface area contributed by atoms with E-state index in [0.717, 1.165) is 25.9 Å². The number of primary amides is 1. The smallest absolute Gasteiger partial charge is 0.234 e. The van der Waals surface area contributed by atoms with E-state index < -0.39 is 0 Å². The molecule has 94 valence electrons. The zero-order valence-corrected chi connectivity index (χ0v) is 11.0. The van der Waals surface area contributed by atoms with E-state index in [0.29, 0.717) is 11.3 Å². The van der Waals surface area contributed by atoms with Crippen LogP contribution < -0.4 is 16.4 Å². The van der Waals surface area contributed by atoms with Crippen molar-refractivity contribution >= 4 is 18.5 Å². The minimum atomic E-state index is -0.255. The van der Waals surface area contributed by atoms with E-state index in [1.807, 2.05) is 6.92 Å². The molecule has 16 heavy (non-hydrogen) atoms. The number of hydrogen-bond donors (Lipinski definition) is 4. The van der Waals surface area contributed by atoms with Crippen molar-refractivity contribution in [3.63, 3.8) is 0 Å². The quantitative estimate of drug-likeness (QED) is 0.503. The van der Waals surface area contributed by atoms with Crippen molar-refractivity contribution in [2.24, 2.45) is 11.7 Å². The van der Waals surface area contributed by atoms with E-state index in [4.69, 9.17) is 5.73 Å². The molecule has 0 bridgehead atoms. The van der Waals surface area contributed by atoms with Gasteiger partial charge in [-0.1, -0.05) is 20.3 Å². The van der Waals surface area contributed by atoms with Gasteiger partial charge < -0.3 is 16.4 Å². The molecule has 4 N–H and O–H groups in total. The van der Waals surface area contributed by atoms with E-state index in [9.17, 15) is 4.79 Å². The first kappa shape index (κ1) is 13.8. The van der Waals surface area contributed by atoms with Gasteiger partial charge >= 0.3 is 0 Å². The van der Waals surface area contributed by atoms with Crippen LogP contribution in [0.5, 0.6) is 0 Å². The lowest BCUT2D eigenvalue weighted by Crippen LogP contribution is -2.49. The zero-order valence-electron chi connectivity index (χ0n) is 10.1. The Morgan fingerprint density at radius 3 is 2.81 bits per heavy atom. The molecule has 4 atom stereocenters. The van der Waals surface area contributed by atoms with E-state index in [2.05, 4.69) is 30.2 Å². The molecule has 1 heterocycles. The highest BCUT2D eigenvalue weighted by Gasteiger charge is 2.25. The monoisotopic (exact) mass is 245 g/mol. The molecule has 1 aliphatic heterocycles. The molecular weight excluding hydrogens is 222 g/mol. The molecule has 0 saturated carbocycles. The van der Waals surface area contributed by atoms with Crippen molar-refractivity contribution in [1.29, 1.82) is 0 Å². The van der Waals surface area contributed by atoms with Crippen LogP contribution in [-0.4, -0.2) is 36.3 Å². The van der Waals surface area contributed by atoms with Crippen LogP contribution in [-0.2, 0) is 4.79 Å². The van der Waals surface area contributed by atoms with Gasteiger partial charge in [-0.15, -0.1) is 0 Å². The Kier molecular flexibility index (Phi) is 5.58. The van der Waals surface area contributed by atoms with Gasteiger partial charge in [0, 0.05) is 24.4 Å². The van der Waals surface area contributed by atoms with Crippen molar-refractivity contribution in [2.75, 3.05) is 13.1 Å². The SMILES string of the molecule is CCC(C)[C@H](NCC1CC(S)CN1)C(N)=O. The van der Waals surface area contributed by atoms with E-state index in [1.54, 1.807) is 0 Å². The largest absolute Gasteiger partial charge is 0.368 e. The molecule has 0 aromatic rings. The number of carbonyl (C=O) groups excluding carboxylic acids is 1. The van der Waals surface area contributed by atoms with Gasteiger partial charge in [0.15, 0.2) is 0 Å². The fourth-order valence-corrected chi connectivity index (χ4v) is 2.40. The second-order valence-corrected chi connectivity index (χ2v) is 5.40. The number of nitrogens with two attached hydrogens (primary N) is 1. The van der Waals surface area contributed by atoms with Crippen molar-refractivity contribution in [2.45, 2.75) is 44.0 Å². The molecule has 1 aliphatic rings. The molecule has 1 saturated heterocycles. The second kappa shape index (κ2) is 6.47. The highest BCUT2D eigenvalue weighted by Crippen LogP contribution is 2.12. The maximum absolute atomic E-state index is 11.3. The highest BCUT2D eigenvalue weighted by atomic mass is 32.1. The second-order valence-electron chi connectivity index (χ2n) is 4.67. The van der Waals surface area contributed by atoms with Gasteiger partial charge in [-0.2, -0.15) is 12.6 Å². The number of thiol groups is 1. The van der Waals surface area contributed by atoms with Crippen LogP contribution in [0, 0.1) is 5.92 Å². The molecule has 5 heteroatoms. The first-order valence-corrected chi connectivity index (χ1v) is 6.50. The first-order chi connectivity index (χ1) is 7.54. The average molecular weight is 245 g/mol. The predicted octanol–water partition coefficient (Wildman–Crippen LogP) is 0.136. The Hall–Kier alpha value is -0.260. The Morgan fingerprint density at radius 1 is 1.69 bits per heavy atom. The molecular formula is C11H23N3OS. The summed E-state index contributed by atoms with van der Waals surface area (Å²) in [5.41, 5.74) is 5.39. The van der Waals surface area contributed by atoms with Crippen LogP contribution in [0.2, 0.25) is 0 Å². The summed E-state index contributed by atoms with van der Waals surface area (Å²) in [5.74, 6) is 0.0282. The number of carbonyl (C=O) groups is 1. The summed E-state index contributed by atoms with van der Waals surface area (Å²) < 4.78 is 0. The standard InChI is InChI=1S/C11H23N3OS/c1-3-7(2)10(11(12)15)14-5-8-4-9(16)6-13-8/h7-10,13-14,16H,3-6H2,1-2H3,(H2,12,15)/t7?,8?,9?,10-/m0/s1. The lowest BCUT2D eigenvalue weighted by Gasteiger charge is -2.23. The molecule has 0 aliphatic carbocycles. The van der Waals surface area contributed by atoms with Crippen molar-refractivity contribution in [3.05, 3.63) is 0 Å². The summed E-state index contributed by atoms with van der Waals surface area (Å²) in [4.78, 5) is 11.3. The third-order valence-corrected chi connectivity index (χ3v) is 3.70. The fraction of sp³-hybridized carbons (Fsp3) is 0.909. The number of rotatable bonds is 6. The van der Waals surface area contributed by atoms with Crippen molar-refractivity contribution in [3.8, 4) is 0 Å². The Balaban J connectivity index is 2.35. The summed E-state index contributed by atoms with van der Waals surface area (Å²) in [7, 11) is 0. The summed E-state index contributed by atoms with van der Waals surface area (Å²) in [6.45, 7) is 5.85. The van der Waals surface area contributed by atoms with Crippen LogP contribution in [0.4, 0.5) is 0 Å². The minimum Gasteiger partial charge on any atom is -0.368 e. The van der Waals surface area contributed by atoms with Crippen molar-refractivity contribution in [1.82, 2.24) is 10.6 Å². The van der Waals surface area contributed by atoms with Gasteiger partial charge in [-0.3, -0.25) is 4.79 Å². The van der Waals surface area contributed by atoms with Crippen LogP contribution in [0.15, 0.2) is 0 Å². The third kappa shape index (κ3) is 3.96. The Bertz CT molecular complexity index is 237. The summed E-state index contributed by atoms with van der Waals surface area (Å²) in [5, 5.41) is 7.06. The molecule has 1 rings (SSSR count). The average Bonchev–Trinajstić information content (AvgIpc) is 2.63. The van der Waals surface area contributed by atoms with Gasteiger partial charge in [0.05, 0.1) is 6.04 Å². The van der Waals surface area contributed by atoms with Gasteiger partial charge in [0.2, 0.25) is 5.91 Å². The van der Waals surface area contributed by atoms with Crippen LogP contribution >= 0.6 is 12.6 Å². The van der Waals surface area contributed by atoms with Crippen LogP contribution in [0.3, 0.4) is 0 Å². The maximum atomic E-state index is 11.3. The van der Waals surface area contributed by atoms with Crippen LogP contribution in [0.1, 0.15) is 26.7 Å². The minimum absolute atomic E-state index is 0.217.